The molecule has 0 unspecified atom stereocenters. The molecule has 0 radical (unpaired) electrons. The van der Waals surface area contributed by atoms with Crippen molar-refractivity contribution in [1.82, 2.24) is 9.55 Å². The van der Waals surface area contributed by atoms with Crippen LogP contribution in [0, 0.1) is 0 Å². The van der Waals surface area contributed by atoms with Crippen LogP contribution in [0.3, 0.4) is 0 Å². The Bertz CT molecular complexity index is 1070. The maximum Gasteiger partial charge on any atom is 0.227 e. The van der Waals surface area contributed by atoms with Crippen molar-refractivity contribution in [2.24, 2.45) is 7.05 Å². The number of imidazole rings is 1. The summed E-state index contributed by atoms with van der Waals surface area (Å²) in [5.41, 5.74) is 2.51. The largest absolute Gasteiger partial charge is 0.313 e. The van der Waals surface area contributed by atoms with Crippen LogP contribution in [-0.4, -0.2) is 33.7 Å². The number of carbonyl (C=O) groups is 2. The van der Waals surface area contributed by atoms with Crippen LogP contribution in [0.1, 0.15) is 12.8 Å². The molecule has 2 aromatic carbocycles. The minimum Gasteiger partial charge on any atom is -0.313 e. The van der Waals surface area contributed by atoms with Crippen molar-refractivity contribution >= 4 is 57.8 Å². The van der Waals surface area contributed by atoms with Gasteiger partial charge in [0.2, 0.25) is 17.8 Å². The summed E-state index contributed by atoms with van der Waals surface area (Å²) in [5, 5.41) is 3.38. The van der Waals surface area contributed by atoms with E-state index >= 15 is 0 Å². The zero-order valence-corrected chi connectivity index (χ0v) is 16.9. The summed E-state index contributed by atoms with van der Waals surface area (Å²) < 4.78 is 1.80. The van der Waals surface area contributed by atoms with Crippen molar-refractivity contribution in [1.29, 1.82) is 0 Å². The van der Waals surface area contributed by atoms with Gasteiger partial charge in [0.25, 0.3) is 0 Å². The van der Waals surface area contributed by atoms with Crippen LogP contribution in [0.25, 0.3) is 11.0 Å². The molecule has 0 saturated carbocycles. The molecule has 8 heteroatoms. The number of nitrogens with one attached hydrogen (secondary N) is 1. The molecule has 1 aliphatic heterocycles. The molecule has 0 atom stereocenters. The first-order valence-corrected chi connectivity index (χ1v) is 10.3. The van der Waals surface area contributed by atoms with E-state index in [9.17, 15) is 9.59 Å². The number of carbonyl (C=O) groups excluding carboxylic acids is 2. The number of benzene rings is 2. The summed E-state index contributed by atoms with van der Waals surface area (Å²) in [6, 6.07) is 13.3. The third kappa shape index (κ3) is 3.72. The predicted octanol–water partition coefficient (Wildman–Crippen LogP) is 4.08. The van der Waals surface area contributed by atoms with E-state index in [1.54, 1.807) is 33.4 Å². The highest BCUT2D eigenvalue weighted by atomic mass is 35.5. The molecule has 3 aromatic rings. The fraction of sp³-hybridized carbons (Fsp3) is 0.250. The highest BCUT2D eigenvalue weighted by molar-refractivity contribution is 7.99. The van der Waals surface area contributed by atoms with E-state index in [1.807, 2.05) is 37.4 Å². The molecule has 2 heterocycles. The third-order valence-corrected chi connectivity index (χ3v) is 5.97. The molecular weight excluding hydrogens is 396 g/mol. The summed E-state index contributed by atoms with van der Waals surface area (Å²) in [5.74, 6) is 1.02. The highest BCUT2D eigenvalue weighted by Gasteiger charge is 2.23. The van der Waals surface area contributed by atoms with E-state index in [4.69, 9.17) is 11.6 Å². The number of aryl methyl sites for hydroxylation is 1. The molecule has 28 heavy (non-hydrogen) atoms. The number of hydrogen-bond donors (Lipinski definition) is 1. The van der Waals surface area contributed by atoms with Gasteiger partial charge in [-0.2, -0.15) is 0 Å². The van der Waals surface area contributed by atoms with Gasteiger partial charge in [0.1, 0.15) is 0 Å². The summed E-state index contributed by atoms with van der Waals surface area (Å²) in [6.07, 6.45) is 0.259. The van der Waals surface area contributed by atoms with Crippen LogP contribution in [0.5, 0.6) is 0 Å². The molecule has 1 N–H and O–H groups in total. The van der Waals surface area contributed by atoms with E-state index in [0.717, 1.165) is 21.9 Å². The van der Waals surface area contributed by atoms with Crippen LogP contribution in [-0.2, 0) is 16.6 Å². The topological polar surface area (TPSA) is 67.2 Å². The lowest BCUT2D eigenvalue weighted by molar-refractivity contribution is -0.122. The zero-order valence-electron chi connectivity index (χ0n) is 15.3. The molecule has 0 aliphatic carbocycles. The van der Waals surface area contributed by atoms with Crippen molar-refractivity contribution in [2.75, 3.05) is 22.5 Å². The van der Waals surface area contributed by atoms with E-state index in [0.29, 0.717) is 23.0 Å². The molecule has 1 aromatic heterocycles. The van der Waals surface area contributed by atoms with E-state index < -0.39 is 0 Å². The van der Waals surface area contributed by atoms with E-state index in [2.05, 4.69) is 10.3 Å². The van der Waals surface area contributed by atoms with Gasteiger partial charge in [-0.3, -0.25) is 14.9 Å². The Hall–Kier alpha value is -2.51. The molecule has 6 nitrogen and oxygen atoms in total. The fourth-order valence-electron chi connectivity index (χ4n) is 3.26. The van der Waals surface area contributed by atoms with Crippen LogP contribution >= 0.6 is 23.4 Å². The minimum absolute atomic E-state index is 0.0420. The van der Waals surface area contributed by atoms with Gasteiger partial charge in [-0.1, -0.05) is 23.7 Å². The summed E-state index contributed by atoms with van der Waals surface area (Å²) in [4.78, 5) is 32.3. The summed E-state index contributed by atoms with van der Waals surface area (Å²) >= 11 is 7.75. The molecule has 0 fully saturated rings. The van der Waals surface area contributed by atoms with Crippen LogP contribution in [0.2, 0.25) is 5.02 Å². The van der Waals surface area contributed by atoms with Crippen LogP contribution in [0.15, 0.2) is 47.4 Å². The number of amides is 2. The first-order valence-electron chi connectivity index (χ1n) is 8.97. The number of hydrogen-bond acceptors (Lipinski definition) is 4. The van der Waals surface area contributed by atoms with Gasteiger partial charge in [-0.15, -0.1) is 11.8 Å². The Morgan fingerprint density at radius 3 is 2.89 bits per heavy atom. The molecular formula is C20H19ClN4O2S. The Balaban J connectivity index is 1.40. The number of para-hydroxylation sites is 1. The van der Waals surface area contributed by atoms with E-state index in [-0.39, 0.29) is 24.7 Å². The molecule has 4 rings (SSSR count). The van der Waals surface area contributed by atoms with Crippen molar-refractivity contribution in [3.05, 3.63) is 47.5 Å². The van der Waals surface area contributed by atoms with Crippen molar-refractivity contribution in [3.63, 3.8) is 0 Å². The summed E-state index contributed by atoms with van der Waals surface area (Å²) in [7, 11) is 1.83. The first-order chi connectivity index (χ1) is 13.5. The quantitative estimate of drug-likeness (QED) is 0.698. The van der Waals surface area contributed by atoms with Gasteiger partial charge < -0.3 is 9.47 Å². The number of halogens is 1. The molecule has 1 aliphatic rings. The van der Waals surface area contributed by atoms with E-state index in [1.165, 1.54) is 0 Å². The van der Waals surface area contributed by atoms with Crippen molar-refractivity contribution < 1.29 is 9.59 Å². The predicted molar refractivity (Wildman–Crippen MR) is 113 cm³/mol. The number of aromatic nitrogens is 2. The number of rotatable bonds is 4. The Morgan fingerprint density at radius 1 is 1.21 bits per heavy atom. The number of fused-ring (bicyclic) bond motifs is 2. The molecule has 144 valence electrons. The van der Waals surface area contributed by atoms with Gasteiger partial charge in [0.15, 0.2) is 0 Å². The number of nitrogens with zero attached hydrogens (tertiary/aromatic N) is 3. The van der Waals surface area contributed by atoms with Crippen LogP contribution < -0.4 is 10.2 Å². The normalized spacial score (nSPS) is 13.4. The Kier molecular flexibility index (Phi) is 5.28. The monoisotopic (exact) mass is 414 g/mol. The van der Waals surface area contributed by atoms with Crippen molar-refractivity contribution in [2.45, 2.75) is 17.7 Å². The number of anilines is 2. The smallest absolute Gasteiger partial charge is 0.227 e. The van der Waals surface area contributed by atoms with Gasteiger partial charge in [-0.05, 0) is 30.3 Å². The minimum atomic E-state index is -0.238. The third-order valence-electron chi connectivity index (χ3n) is 4.69. The SMILES string of the molecule is Cn1c(NC(=O)CCC(=O)N2CCSc3ccccc32)nc2cc(Cl)ccc21. The molecule has 0 saturated heterocycles. The second-order valence-corrected chi connectivity index (χ2v) is 8.11. The lowest BCUT2D eigenvalue weighted by Crippen LogP contribution is -2.35. The van der Waals surface area contributed by atoms with Gasteiger partial charge >= 0.3 is 0 Å². The van der Waals surface area contributed by atoms with Crippen molar-refractivity contribution in [3.8, 4) is 0 Å². The standard InChI is InChI=1S/C20H19ClN4O2S/c1-24-15-7-6-13(21)12-14(15)22-20(24)23-18(26)8-9-19(27)25-10-11-28-17-5-3-2-4-16(17)25/h2-7,12H,8-11H2,1H3,(H,22,23,26). The molecule has 0 spiro atoms. The maximum absolute atomic E-state index is 12.7. The second-order valence-electron chi connectivity index (χ2n) is 6.54. The Morgan fingerprint density at radius 2 is 2.04 bits per heavy atom. The zero-order chi connectivity index (χ0) is 19.7. The average molecular weight is 415 g/mol. The number of thioether (sulfide) groups is 1. The average Bonchev–Trinajstić information content (AvgIpc) is 3.00. The van der Waals surface area contributed by atoms with Gasteiger partial charge in [0, 0.05) is 42.1 Å². The van der Waals surface area contributed by atoms with Crippen LogP contribution in [0.4, 0.5) is 11.6 Å². The lowest BCUT2D eigenvalue weighted by Gasteiger charge is -2.29. The van der Waals surface area contributed by atoms with Gasteiger partial charge in [0.05, 0.1) is 16.7 Å². The van der Waals surface area contributed by atoms with Gasteiger partial charge in [-0.25, -0.2) is 4.98 Å². The lowest BCUT2D eigenvalue weighted by atomic mass is 10.2. The molecule has 0 bridgehead atoms. The second kappa shape index (κ2) is 7.85. The maximum atomic E-state index is 12.7. The summed E-state index contributed by atoms with van der Waals surface area (Å²) in [6.45, 7) is 0.660. The molecule has 2 amide bonds. The Labute approximate surface area is 171 Å². The highest BCUT2D eigenvalue weighted by Crippen LogP contribution is 2.34. The fourth-order valence-corrected chi connectivity index (χ4v) is 4.42. The first kappa shape index (κ1) is 18.8.